The van der Waals surface area contributed by atoms with Crippen molar-refractivity contribution in [3.8, 4) is 11.8 Å². The molecule has 9 heteroatoms. The van der Waals surface area contributed by atoms with Crippen molar-refractivity contribution in [2.24, 2.45) is 5.92 Å². The SMILES string of the molecule is CNC(=O)CCC(C=O)N1C(=O)c2ccc(C#CC3CCN(C(=O)OC(C)(C)C)CC3)cc2C1=O. The largest absolute Gasteiger partial charge is 0.444 e. The van der Waals surface area contributed by atoms with Crippen LogP contribution in [0.25, 0.3) is 0 Å². The highest BCUT2D eigenvalue weighted by molar-refractivity contribution is 6.22. The Kier molecular flexibility index (Phi) is 7.95. The van der Waals surface area contributed by atoms with Gasteiger partial charge in [0.05, 0.1) is 17.2 Å². The first-order valence-electron chi connectivity index (χ1n) is 11.7. The van der Waals surface area contributed by atoms with Gasteiger partial charge in [-0.2, -0.15) is 0 Å². The molecule has 2 aliphatic rings. The minimum absolute atomic E-state index is 0.0246. The van der Waals surface area contributed by atoms with Gasteiger partial charge < -0.3 is 19.7 Å². The first-order chi connectivity index (χ1) is 16.5. The summed E-state index contributed by atoms with van der Waals surface area (Å²) < 4.78 is 5.42. The van der Waals surface area contributed by atoms with Crippen LogP contribution in [0.3, 0.4) is 0 Å². The molecule has 1 aromatic rings. The van der Waals surface area contributed by atoms with Gasteiger partial charge in [0, 0.05) is 38.0 Å². The van der Waals surface area contributed by atoms with Crippen LogP contribution in [-0.2, 0) is 14.3 Å². The second-order valence-corrected chi connectivity index (χ2v) is 9.67. The van der Waals surface area contributed by atoms with Crippen LogP contribution in [0.4, 0.5) is 4.79 Å². The number of benzene rings is 1. The van der Waals surface area contributed by atoms with Crippen LogP contribution in [-0.4, -0.2) is 71.7 Å². The van der Waals surface area contributed by atoms with Crippen LogP contribution in [0, 0.1) is 17.8 Å². The summed E-state index contributed by atoms with van der Waals surface area (Å²) in [5, 5.41) is 2.46. The van der Waals surface area contributed by atoms with Gasteiger partial charge in [-0.15, -0.1) is 0 Å². The van der Waals surface area contributed by atoms with Gasteiger partial charge in [-0.1, -0.05) is 11.8 Å². The molecule has 3 rings (SSSR count). The maximum atomic E-state index is 12.9. The molecule has 9 nitrogen and oxygen atoms in total. The van der Waals surface area contributed by atoms with Gasteiger partial charge in [0.2, 0.25) is 5.91 Å². The Balaban J connectivity index is 1.65. The summed E-state index contributed by atoms with van der Waals surface area (Å²) in [7, 11) is 1.48. The zero-order valence-electron chi connectivity index (χ0n) is 20.6. The van der Waals surface area contributed by atoms with E-state index in [1.54, 1.807) is 23.1 Å². The van der Waals surface area contributed by atoms with E-state index in [1.807, 2.05) is 20.8 Å². The summed E-state index contributed by atoms with van der Waals surface area (Å²) in [5.41, 5.74) is 0.478. The number of imide groups is 1. The number of hydrogen-bond acceptors (Lipinski definition) is 6. The quantitative estimate of drug-likeness (QED) is 0.393. The van der Waals surface area contributed by atoms with E-state index < -0.39 is 23.5 Å². The molecule has 2 heterocycles. The molecule has 4 amide bonds. The third-order valence-electron chi connectivity index (χ3n) is 5.92. The van der Waals surface area contributed by atoms with Crippen molar-refractivity contribution in [1.82, 2.24) is 15.1 Å². The molecule has 1 fully saturated rings. The number of nitrogens with one attached hydrogen (secondary N) is 1. The Bertz CT molecular complexity index is 1090. The second kappa shape index (κ2) is 10.7. The second-order valence-electron chi connectivity index (χ2n) is 9.67. The summed E-state index contributed by atoms with van der Waals surface area (Å²) in [6.45, 7) is 6.62. The Hall–Kier alpha value is -3.67. The average Bonchev–Trinajstić information content (AvgIpc) is 3.07. The van der Waals surface area contributed by atoms with Crippen LogP contribution >= 0.6 is 0 Å². The fraction of sp³-hybridized carbons (Fsp3) is 0.500. The zero-order valence-corrected chi connectivity index (χ0v) is 20.6. The lowest BCUT2D eigenvalue weighted by molar-refractivity contribution is -0.121. The van der Waals surface area contributed by atoms with Gasteiger partial charge in [0.1, 0.15) is 11.9 Å². The zero-order chi connectivity index (χ0) is 25.8. The molecular weight excluding hydrogens is 450 g/mol. The minimum Gasteiger partial charge on any atom is -0.444 e. The number of hydrogen-bond donors (Lipinski definition) is 1. The number of aldehydes is 1. The molecule has 0 saturated carbocycles. The van der Waals surface area contributed by atoms with Crippen molar-refractivity contribution in [3.05, 3.63) is 34.9 Å². The Morgan fingerprint density at radius 2 is 1.83 bits per heavy atom. The van der Waals surface area contributed by atoms with E-state index in [0.717, 1.165) is 4.90 Å². The number of nitrogens with zero attached hydrogens (tertiary/aromatic N) is 2. The predicted molar refractivity (Wildman–Crippen MR) is 128 cm³/mol. The normalized spacial score (nSPS) is 16.8. The van der Waals surface area contributed by atoms with Crippen molar-refractivity contribution in [1.29, 1.82) is 0 Å². The van der Waals surface area contributed by atoms with Gasteiger partial charge >= 0.3 is 6.09 Å². The van der Waals surface area contributed by atoms with Gasteiger partial charge in [0.25, 0.3) is 11.8 Å². The van der Waals surface area contributed by atoms with E-state index >= 15 is 0 Å². The highest BCUT2D eigenvalue weighted by Gasteiger charge is 2.40. The number of carbonyl (C=O) groups is 5. The molecule has 0 aliphatic carbocycles. The van der Waals surface area contributed by atoms with E-state index in [9.17, 15) is 24.0 Å². The third-order valence-corrected chi connectivity index (χ3v) is 5.92. The molecule has 1 saturated heterocycles. The summed E-state index contributed by atoms with van der Waals surface area (Å²) >= 11 is 0. The fourth-order valence-electron chi connectivity index (χ4n) is 4.02. The van der Waals surface area contributed by atoms with Gasteiger partial charge in [0.15, 0.2) is 0 Å². The maximum Gasteiger partial charge on any atom is 0.410 e. The molecule has 1 aromatic carbocycles. The third kappa shape index (κ3) is 6.27. The number of amides is 4. The Morgan fingerprint density at radius 3 is 2.43 bits per heavy atom. The number of ether oxygens (including phenoxy) is 1. The highest BCUT2D eigenvalue weighted by Crippen LogP contribution is 2.27. The van der Waals surface area contributed by atoms with Crippen molar-refractivity contribution in [3.63, 3.8) is 0 Å². The Morgan fingerprint density at radius 1 is 1.17 bits per heavy atom. The Labute approximate surface area is 205 Å². The van der Waals surface area contributed by atoms with Crippen LogP contribution in [0.2, 0.25) is 0 Å². The number of carbonyl (C=O) groups excluding carboxylic acids is 5. The van der Waals surface area contributed by atoms with E-state index in [2.05, 4.69) is 17.2 Å². The van der Waals surface area contributed by atoms with Crippen LogP contribution in [0.1, 0.15) is 72.7 Å². The highest BCUT2D eigenvalue weighted by atomic mass is 16.6. The molecule has 0 radical (unpaired) electrons. The lowest BCUT2D eigenvalue weighted by atomic mass is 9.97. The van der Waals surface area contributed by atoms with Crippen LogP contribution < -0.4 is 5.32 Å². The molecule has 1 atom stereocenters. The minimum atomic E-state index is -1.01. The predicted octanol–water partition coefficient (Wildman–Crippen LogP) is 2.37. The molecule has 1 unspecified atom stereocenters. The summed E-state index contributed by atoms with van der Waals surface area (Å²) in [6.07, 6.45) is 1.72. The fourth-order valence-corrected chi connectivity index (χ4v) is 4.02. The molecule has 1 N–H and O–H groups in total. The lowest BCUT2D eigenvalue weighted by Gasteiger charge is -2.31. The molecule has 0 spiro atoms. The molecule has 2 aliphatic heterocycles. The number of rotatable bonds is 5. The standard InChI is InChI=1S/C26H31N3O6/c1-26(2,3)35-25(34)28-13-11-17(12-14-28)5-6-18-7-9-20-21(15-18)24(33)29(23(20)32)19(16-30)8-10-22(31)27-4/h7,9,15-17,19H,8,10-14H2,1-4H3,(H,27,31). The summed E-state index contributed by atoms with van der Waals surface area (Å²) in [6, 6.07) is 3.78. The average molecular weight is 482 g/mol. The number of likely N-dealkylation sites (tertiary alicyclic amines) is 1. The van der Waals surface area contributed by atoms with E-state index in [1.165, 1.54) is 7.05 Å². The number of fused-ring (bicyclic) bond motifs is 1. The lowest BCUT2D eigenvalue weighted by Crippen LogP contribution is -2.41. The molecule has 0 bridgehead atoms. The number of piperidine rings is 1. The van der Waals surface area contributed by atoms with E-state index in [0.29, 0.717) is 37.8 Å². The van der Waals surface area contributed by atoms with E-state index in [4.69, 9.17) is 4.74 Å². The monoisotopic (exact) mass is 481 g/mol. The smallest absolute Gasteiger partial charge is 0.410 e. The molecule has 35 heavy (non-hydrogen) atoms. The van der Waals surface area contributed by atoms with Crippen molar-refractivity contribution in [2.75, 3.05) is 20.1 Å². The topological polar surface area (TPSA) is 113 Å². The maximum absolute atomic E-state index is 12.9. The van der Waals surface area contributed by atoms with Crippen molar-refractivity contribution in [2.45, 2.75) is 58.1 Å². The van der Waals surface area contributed by atoms with Crippen molar-refractivity contribution < 1.29 is 28.7 Å². The van der Waals surface area contributed by atoms with Crippen LogP contribution in [0.5, 0.6) is 0 Å². The van der Waals surface area contributed by atoms with Crippen molar-refractivity contribution >= 4 is 30.1 Å². The first kappa shape index (κ1) is 25.9. The van der Waals surface area contributed by atoms with Gasteiger partial charge in [-0.05, 0) is 58.2 Å². The molecular formula is C26H31N3O6. The van der Waals surface area contributed by atoms with E-state index in [-0.39, 0.29) is 41.9 Å². The van der Waals surface area contributed by atoms with Gasteiger partial charge in [-0.25, -0.2) is 4.79 Å². The van der Waals surface area contributed by atoms with Crippen LogP contribution in [0.15, 0.2) is 18.2 Å². The molecule has 0 aromatic heterocycles. The molecule has 186 valence electrons. The first-order valence-corrected chi connectivity index (χ1v) is 11.7. The summed E-state index contributed by atoms with van der Waals surface area (Å²) in [5.74, 6) is 5.00. The summed E-state index contributed by atoms with van der Waals surface area (Å²) in [4.78, 5) is 63.6. The van der Waals surface area contributed by atoms with Gasteiger partial charge in [-0.3, -0.25) is 19.3 Å².